The molecule has 1 aromatic rings. The molecule has 0 unspecified atom stereocenters. The van der Waals surface area contributed by atoms with Crippen LogP contribution < -0.4 is 10.2 Å². The summed E-state index contributed by atoms with van der Waals surface area (Å²) in [7, 11) is 0. The highest BCUT2D eigenvalue weighted by Crippen LogP contribution is 2.27. The average Bonchev–Trinajstić information content (AvgIpc) is 3.28. The van der Waals surface area contributed by atoms with Gasteiger partial charge in [0.2, 0.25) is 11.9 Å². The van der Waals surface area contributed by atoms with E-state index in [9.17, 15) is 4.79 Å². The van der Waals surface area contributed by atoms with Crippen LogP contribution in [0.3, 0.4) is 0 Å². The molecule has 4 heterocycles. The van der Waals surface area contributed by atoms with Crippen molar-refractivity contribution in [3.8, 4) is 0 Å². The quantitative estimate of drug-likeness (QED) is 0.820. The molecule has 1 N–H and O–H groups in total. The molecule has 4 rings (SSSR count). The number of likely N-dealkylation sites (tertiary alicyclic amines) is 2. The number of hydrogen-bond acceptors (Lipinski definition) is 6. The standard InChI is InChI=1S/C22H36N6O/c1-17(2)24-20-7-10-23-22(25-20)27-14-8-19(9-15-27)28-13-5-6-18(16-28)21(29)26-11-3-4-12-26/h7,10,17-19H,3-6,8-9,11-16H2,1-2H3,(H,23,24,25)/t18-/m1/s1. The number of nitrogens with one attached hydrogen (secondary N) is 1. The summed E-state index contributed by atoms with van der Waals surface area (Å²) < 4.78 is 0. The molecule has 0 aliphatic carbocycles. The van der Waals surface area contributed by atoms with Gasteiger partial charge in [0.25, 0.3) is 0 Å². The van der Waals surface area contributed by atoms with Gasteiger partial charge in [-0.25, -0.2) is 4.98 Å². The second-order valence-corrected chi connectivity index (χ2v) is 9.13. The van der Waals surface area contributed by atoms with Crippen molar-refractivity contribution in [1.82, 2.24) is 19.8 Å². The van der Waals surface area contributed by atoms with Crippen LogP contribution in [0.25, 0.3) is 0 Å². The molecule has 1 atom stereocenters. The highest BCUT2D eigenvalue weighted by atomic mass is 16.2. The number of rotatable bonds is 5. The average molecular weight is 401 g/mol. The Morgan fingerprint density at radius 1 is 1.07 bits per heavy atom. The van der Waals surface area contributed by atoms with Gasteiger partial charge < -0.3 is 15.1 Å². The van der Waals surface area contributed by atoms with Gasteiger partial charge in [-0.1, -0.05) is 0 Å². The van der Waals surface area contributed by atoms with E-state index in [0.29, 0.717) is 18.0 Å². The van der Waals surface area contributed by atoms with Crippen LogP contribution in [-0.4, -0.2) is 77.0 Å². The van der Waals surface area contributed by atoms with Crippen LogP contribution >= 0.6 is 0 Å². The molecule has 7 nitrogen and oxygen atoms in total. The summed E-state index contributed by atoms with van der Waals surface area (Å²) in [6.45, 7) is 10.2. The Balaban J connectivity index is 1.30. The lowest BCUT2D eigenvalue weighted by atomic mass is 9.93. The maximum Gasteiger partial charge on any atom is 0.227 e. The Hall–Kier alpha value is -1.89. The molecule has 0 radical (unpaired) electrons. The molecule has 0 spiro atoms. The summed E-state index contributed by atoms with van der Waals surface area (Å²) in [5.41, 5.74) is 0. The summed E-state index contributed by atoms with van der Waals surface area (Å²) in [5.74, 6) is 2.34. The highest BCUT2D eigenvalue weighted by molar-refractivity contribution is 5.79. The molecular formula is C22H36N6O. The Morgan fingerprint density at radius 2 is 1.83 bits per heavy atom. The Labute approximate surface area is 174 Å². The van der Waals surface area contributed by atoms with Crippen LogP contribution in [0.15, 0.2) is 12.3 Å². The fraction of sp³-hybridized carbons (Fsp3) is 0.773. The molecule has 3 fully saturated rings. The third-order valence-electron chi connectivity index (χ3n) is 6.56. The monoisotopic (exact) mass is 400 g/mol. The van der Waals surface area contributed by atoms with Gasteiger partial charge in [-0.05, 0) is 65.0 Å². The zero-order valence-corrected chi connectivity index (χ0v) is 18.0. The Morgan fingerprint density at radius 3 is 2.55 bits per heavy atom. The van der Waals surface area contributed by atoms with E-state index < -0.39 is 0 Å². The van der Waals surface area contributed by atoms with E-state index >= 15 is 0 Å². The number of carbonyl (C=O) groups is 1. The second kappa shape index (κ2) is 9.28. The largest absolute Gasteiger partial charge is 0.368 e. The normalized spacial score (nSPS) is 24.3. The molecule has 1 aromatic heterocycles. The van der Waals surface area contributed by atoms with Crippen molar-refractivity contribution in [2.45, 2.75) is 64.5 Å². The highest BCUT2D eigenvalue weighted by Gasteiger charge is 2.34. The van der Waals surface area contributed by atoms with E-state index in [-0.39, 0.29) is 5.92 Å². The van der Waals surface area contributed by atoms with Crippen molar-refractivity contribution < 1.29 is 4.79 Å². The summed E-state index contributed by atoms with van der Waals surface area (Å²) >= 11 is 0. The van der Waals surface area contributed by atoms with Crippen LogP contribution in [-0.2, 0) is 4.79 Å². The van der Waals surface area contributed by atoms with Gasteiger partial charge in [0.05, 0.1) is 5.92 Å². The van der Waals surface area contributed by atoms with E-state index in [1.54, 1.807) is 0 Å². The van der Waals surface area contributed by atoms with E-state index in [0.717, 1.165) is 76.7 Å². The zero-order valence-electron chi connectivity index (χ0n) is 18.0. The SMILES string of the molecule is CC(C)Nc1ccnc(N2CCC(N3CCC[C@@H](C(=O)N4CCCC4)C3)CC2)n1. The number of hydrogen-bond donors (Lipinski definition) is 1. The fourth-order valence-electron chi connectivity index (χ4n) is 5.04. The maximum atomic E-state index is 12.8. The Kier molecular flexibility index (Phi) is 6.53. The number of nitrogens with zero attached hydrogens (tertiary/aromatic N) is 5. The third kappa shape index (κ3) is 5.00. The van der Waals surface area contributed by atoms with Gasteiger partial charge in [-0.3, -0.25) is 9.69 Å². The van der Waals surface area contributed by atoms with Crippen molar-refractivity contribution in [2.75, 3.05) is 49.5 Å². The van der Waals surface area contributed by atoms with Crippen molar-refractivity contribution >= 4 is 17.7 Å². The van der Waals surface area contributed by atoms with Gasteiger partial charge in [-0.15, -0.1) is 0 Å². The lowest BCUT2D eigenvalue weighted by Crippen LogP contribution is -2.51. The molecule has 0 bridgehead atoms. The van der Waals surface area contributed by atoms with Crippen molar-refractivity contribution in [3.63, 3.8) is 0 Å². The molecule has 29 heavy (non-hydrogen) atoms. The molecular weight excluding hydrogens is 364 g/mol. The minimum absolute atomic E-state index is 0.210. The summed E-state index contributed by atoms with van der Waals surface area (Å²) in [6.07, 6.45) is 8.65. The van der Waals surface area contributed by atoms with Gasteiger partial charge >= 0.3 is 0 Å². The number of amides is 1. The number of piperidine rings is 2. The molecule has 3 saturated heterocycles. The first-order valence-corrected chi connectivity index (χ1v) is 11.5. The predicted molar refractivity (Wildman–Crippen MR) is 116 cm³/mol. The van der Waals surface area contributed by atoms with Gasteiger partial charge in [0.15, 0.2) is 0 Å². The van der Waals surface area contributed by atoms with Crippen molar-refractivity contribution in [2.24, 2.45) is 5.92 Å². The smallest absolute Gasteiger partial charge is 0.227 e. The first-order chi connectivity index (χ1) is 14.1. The molecule has 3 aliphatic heterocycles. The molecule has 3 aliphatic rings. The van der Waals surface area contributed by atoms with Crippen molar-refractivity contribution in [1.29, 1.82) is 0 Å². The minimum Gasteiger partial charge on any atom is -0.368 e. The van der Waals surface area contributed by atoms with E-state index in [1.807, 2.05) is 12.3 Å². The maximum absolute atomic E-state index is 12.8. The van der Waals surface area contributed by atoms with E-state index in [1.165, 1.54) is 12.8 Å². The number of aromatic nitrogens is 2. The van der Waals surface area contributed by atoms with Crippen LogP contribution in [0.1, 0.15) is 52.4 Å². The molecule has 0 saturated carbocycles. The van der Waals surface area contributed by atoms with Crippen LogP contribution in [0.2, 0.25) is 0 Å². The molecule has 1 amide bonds. The van der Waals surface area contributed by atoms with Gasteiger partial charge in [0.1, 0.15) is 5.82 Å². The molecule has 7 heteroatoms. The van der Waals surface area contributed by atoms with Crippen LogP contribution in [0.5, 0.6) is 0 Å². The first-order valence-electron chi connectivity index (χ1n) is 11.5. The van der Waals surface area contributed by atoms with Gasteiger partial charge in [0, 0.05) is 51.0 Å². The predicted octanol–water partition coefficient (Wildman–Crippen LogP) is 2.60. The first kappa shape index (κ1) is 20.4. The van der Waals surface area contributed by atoms with Crippen molar-refractivity contribution in [3.05, 3.63) is 12.3 Å². The van der Waals surface area contributed by atoms with E-state index in [4.69, 9.17) is 4.98 Å². The molecule has 0 aromatic carbocycles. The summed E-state index contributed by atoms with van der Waals surface area (Å²) in [4.78, 5) is 29.0. The zero-order chi connectivity index (χ0) is 20.2. The van der Waals surface area contributed by atoms with Crippen LogP contribution in [0.4, 0.5) is 11.8 Å². The lowest BCUT2D eigenvalue weighted by Gasteiger charge is -2.42. The van der Waals surface area contributed by atoms with Gasteiger partial charge in [-0.2, -0.15) is 4.98 Å². The minimum atomic E-state index is 0.210. The number of anilines is 2. The number of carbonyl (C=O) groups excluding carboxylic acids is 1. The fourth-order valence-corrected chi connectivity index (χ4v) is 5.04. The summed E-state index contributed by atoms with van der Waals surface area (Å²) in [6, 6.07) is 2.87. The van der Waals surface area contributed by atoms with E-state index in [2.05, 4.69) is 38.8 Å². The topological polar surface area (TPSA) is 64.6 Å². The molecule has 160 valence electrons. The third-order valence-corrected chi connectivity index (χ3v) is 6.56. The second-order valence-electron chi connectivity index (χ2n) is 9.13. The Bertz CT molecular complexity index is 682. The van der Waals surface area contributed by atoms with Crippen LogP contribution in [0, 0.1) is 5.92 Å². The lowest BCUT2D eigenvalue weighted by molar-refractivity contribution is -0.136. The summed E-state index contributed by atoms with van der Waals surface area (Å²) in [5, 5.41) is 3.36.